The molecule has 0 saturated carbocycles. The van der Waals surface area contributed by atoms with Crippen molar-refractivity contribution in [1.29, 1.82) is 0 Å². The van der Waals surface area contributed by atoms with E-state index in [0.717, 1.165) is 5.56 Å². The van der Waals surface area contributed by atoms with Crippen LogP contribution < -0.4 is 4.72 Å². The summed E-state index contributed by atoms with van der Waals surface area (Å²) in [4.78, 5) is 0.145. The highest BCUT2D eigenvalue weighted by Gasteiger charge is 2.15. The molecule has 0 fully saturated rings. The third-order valence-electron chi connectivity index (χ3n) is 2.98. The minimum Gasteiger partial charge on any atom is -0.392 e. The number of hydrogen-bond acceptors (Lipinski definition) is 4. The molecule has 2 rings (SSSR count). The first kappa shape index (κ1) is 15.5. The van der Waals surface area contributed by atoms with Crippen LogP contribution in [0.25, 0.3) is 0 Å². The smallest absolute Gasteiger partial charge is 0.261 e. The van der Waals surface area contributed by atoms with Gasteiger partial charge in [0.1, 0.15) is 0 Å². The summed E-state index contributed by atoms with van der Waals surface area (Å²) >= 11 is 0. The lowest BCUT2D eigenvalue weighted by Gasteiger charge is -2.12. The topological polar surface area (TPSA) is 75.6 Å². The van der Waals surface area contributed by atoms with Gasteiger partial charge in [0.15, 0.2) is 0 Å². The molecule has 0 saturated heterocycles. The Hall–Kier alpha value is -1.89. The number of rotatable bonds is 6. The van der Waals surface area contributed by atoms with Gasteiger partial charge < -0.3 is 9.84 Å². The number of para-hydroxylation sites is 1. The van der Waals surface area contributed by atoms with Crippen LogP contribution in [0.3, 0.4) is 0 Å². The van der Waals surface area contributed by atoms with E-state index in [1.807, 2.05) is 6.07 Å². The minimum absolute atomic E-state index is 0.121. The van der Waals surface area contributed by atoms with Crippen LogP contribution in [0, 0.1) is 0 Å². The molecule has 21 heavy (non-hydrogen) atoms. The van der Waals surface area contributed by atoms with Gasteiger partial charge in [-0.3, -0.25) is 4.72 Å². The van der Waals surface area contributed by atoms with Gasteiger partial charge in [-0.15, -0.1) is 0 Å². The van der Waals surface area contributed by atoms with Crippen LogP contribution in [-0.2, 0) is 28.0 Å². The molecule has 0 aliphatic rings. The first-order valence-corrected chi connectivity index (χ1v) is 7.84. The van der Waals surface area contributed by atoms with Crippen molar-refractivity contribution in [3.8, 4) is 0 Å². The molecule has 2 aromatic carbocycles. The van der Waals surface area contributed by atoms with Crippen molar-refractivity contribution in [3.05, 3.63) is 59.7 Å². The molecule has 2 aromatic rings. The molecule has 112 valence electrons. The average Bonchev–Trinajstić information content (AvgIpc) is 2.49. The van der Waals surface area contributed by atoms with E-state index in [0.29, 0.717) is 17.9 Å². The Balaban J connectivity index is 2.28. The van der Waals surface area contributed by atoms with Gasteiger partial charge in [-0.25, -0.2) is 8.42 Å². The van der Waals surface area contributed by atoms with E-state index in [4.69, 9.17) is 9.84 Å². The van der Waals surface area contributed by atoms with E-state index in [1.54, 1.807) is 37.4 Å². The molecule has 0 heterocycles. The van der Waals surface area contributed by atoms with Crippen molar-refractivity contribution in [3.63, 3.8) is 0 Å². The molecule has 0 aliphatic heterocycles. The summed E-state index contributed by atoms with van der Waals surface area (Å²) in [7, 11) is -2.11. The molecule has 6 heteroatoms. The maximum Gasteiger partial charge on any atom is 0.261 e. The minimum atomic E-state index is -3.67. The maximum atomic E-state index is 12.3. The van der Waals surface area contributed by atoms with Crippen molar-refractivity contribution in [2.75, 3.05) is 11.8 Å². The van der Waals surface area contributed by atoms with Crippen LogP contribution >= 0.6 is 0 Å². The summed E-state index contributed by atoms with van der Waals surface area (Å²) in [5.74, 6) is 0. The van der Waals surface area contributed by atoms with Crippen molar-refractivity contribution in [2.24, 2.45) is 0 Å². The third kappa shape index (κ3) is 3.81. The SMILES string of the molecule is COCc1ccccc1NS(=O)(=O)c1ccc(CO)cc1. The van der Waals surface area contributed by atoms with Crippen molar-refractivity contribution in [2.45, 2.75) is 18.1 Å². The molecule has 0 aromatic heterocycles. The van der Waals surface area contributed by atoms with E-state index in [2.05, 4.69) is 4.72 Å². The van der Waals surface area contributed by atoms with Gasteiger partial charge in [-0.1, -0.05) is 30.3 Å². The number of benzene rings is 2. The molecule has 0 bridgehead atoms. The second-order valence-electron chi connectivity index (χ2n) is 4.50. The highest BCUT2D eigenvalue weighted by atomic mass is 32.2. The number of ether oxygens (including phenoxy) is 1. The van der Waals surface area contributed by atoms with Gasteiger partial charge in [0, 0.05) is 12.7 Å². The maximum absolute atomic E-state index is 12.3. The fourth-order valence-corrected chi connectivity index (χ4v) is 2.98. The highest BCUT2D eigenvalue weighted by Crippen LogP contribution is 2.21. The van der Waals surface area contributed by atoms with Crippen molar-refractivity contribution >= 4 is 15.7 Å². The molecule has 0 aliphatic carbocycles. The zero-order valence-electron chi connectivity index (χ0n) is 11.6. The summed E-state index contributed by atoms with van der Waals surface area (Å²) < 4.78 is 32.3. The predicted octanol–water partition coefficient (Wildman–Crippen LogP) is 2.13. The largest absolute Gasteiger partial charge is 0.392 e. The number of aliphatic hydroxyl groups is 1. The predicted molar refractivity (Wildman–Crippen MR) is 80.3 cm³/mol. The quantitative estimate of drug-likeness (QED) is 0.857. The number of methoxy groups -OCH3 is 1. The molecule has 2 N–H and O–H groups in total. The zero-order valence-corrected chi connectivity index (χ0v) is 12.4. The number of anilines is 1. The number of sulfonamides is 1. The normalized spacial score (nSPS) is 11.3. The Morgan fingerprint density at radius 2 is 1.76 bits per heavy atom. The van der Waals surface area contributed by atoms with E-state index < -0.39 is 10.0 Å². The molecule has 0 radical (unpaired) electrons. The van der Waals surface area contributed by atoms with E-state index in [1.165, 1.54) is 12.1 Å². The number of aliphatic hydroxyl groups excluding tert-OH is 1. The molecular weight excluding hydrogens is 290 g/mol. The molecule has 0 spiro atoms. The zero-order chi connectivity index (χ0) is 15.3. The fraction of sp³-hybridized carbons (Fsp3) is 0.200. The Bertz CT molecular complexity index is 696. The lowest BCUT2D eigenvalue weighted by Crippen LogP contribution is -2.14. The Morgan fingerprint density at radius 1 is 1.10 bits per heavy atom. The second kappa shape index (κ2) is 6.71. The first-order chi connectivity index (χ1) is 10.1. The third-order valence-corrected chi connectivity index (χ3v) is 4.36. The Labute approximate surface area is 124 Å². The van der Waals surface area contributed by atoms with Gasteiger partial charge in [-0.2, -0.15) is 0 Å². The molecule has 0 unspecified atom stereocenters. The summed E-state index contributed by atoms with van der Waals surface area (Å²) in [5, 5.41) is 8.98. The fourth-order valence-electron chi connectivity index (χ4n) is 1.88. The first-order valence-electron chi connectivity index (χ1n) is 6.36. The van der Waals surface area contributed by atoms with Gasteiger partial charge in [0.05, 0.1) is 23.8 Å². The van der Waals surface area contributed by atoms with Gasteiger partial charge in [-0.05, 0) is 23.8 Å². The van der Waals surface area contributed by atoms with E-state index in [-0.39, 0.29) is 11.5 Å². The summed E-state index contributed by atoms with van der Waals surface area (Å²) in [6.45, 7) is 0.201. The van der Waals surface area contributed by atoms with Gasteiger partial charge in [0.25, 0.3) is 10.0 Å². The lowest BCUT2D eigenvalue weighted by atomic mass is 10.2. The summed E-state index contributed by atoms with van der Waals surface area (Å²) in [6.07, 6.45) is 0. The lowest BCUT2D eigenvalue weighted by molar-refractivity contribution is 0.185. The van der Waals surface area contributed by atoms with Crippen LogP contribution in [0.5, 0.6) is 0 Å². The van der Waals surface area contributed by atoms with Crippen LogP contribution in [-0.4, -0.2) is 20.6 Å². The monoisotopic (exact) mass is 307 g/mol. The van der Waals surface area contributed by atoms with Gasteiger partial charge >= 0.3 is 0 Å². The Kier molecular flexibility index (Phi) is 4.95. The highest BCUT2D eigenvalue weighted by molar-refractivity contribution is 7.92. The second-order valence-corrected chi connectivity index (χ2v) is 6.18. The van der Waals surface area contributed by atoms with Gasteiger partial charge in [0.2, 0.25) is 0 Å². The van der Waals surface area contributed by atoms with E-state index >= 15 is 0 Å². The number of nitrogens with one attached hydrogen (secondary N) is 1. The van der Waals surface area contributed by atoms with Crippen LogP contribution in [0.1, 0.15) is 11.1 Å². The van der Waals surface area contributed by atoms with Crippen LogP contribution in [0.2, 0.25) is 0 Å². The molecule has 5 nitrogen and oxygen atoms in total. The van der Waals surface area contributed by atoms with Crippen molar-refractivity contribution < 1.29 is 18.3 Å². The van der Waals surface area contributed by atoms with Crippen LogP contribution in [0.4, 0.5) is 5.69 Å². The summed E-state index contributed by atoms with van der Waals surface area (Å²) in [5.41, 5.74) is 1.91. The number of hydrogen-bond donors (Lipinski definition) is 2. The standard InChI is InChI=1S/C15H17NO4S/c1-20-11-13-4-2-3-5-15(13)16-21(18,19)14-8-6-12(10-17)7-9-14/h2-9,16-17H,10-11H2,1H3. The van der Waals surface area contributed by atoms with Crippen LogP contribution in [0.15, 0.2) is 53.4 Å². The summed E-state index contributed by atoms with van der Waals surface area (Å²) in [6, 6.07) is 13.2. The van der Waals surface area contributed by atoms with E-state index in [9.17, 15) is 8.42 Å². The average molecular weight is 307 g/mol. The molecule has 0 amide bonds. The molecule has 0 atom stereocenters. The Morgan fingerprint density at radius 3 is 2.38 bits per heavy atom. The van der Waals surface area contributed by atoms with Crippen molar-refractivity contribution in [1.82, 2.24) is 0 Å². The molecular formula is C15H17NO4S.